The van der Waals surface area contributed by atoms with E-state index in [0.717, 1.165) is 24.2 Å². The van der Waals surface area contributed by atoms with Gasteiger partial charge in [0.05, 0.1) is 5.38 Å². The molecule has 1 aromatic rings. The number of halogens is 2. The topological polar surface area (TPSA) is 18.5 Å². The third-order valence-corrected chi connectivity index (χ3v) is 4.31. The monoisotopic (exact) mass is 330 g/mol. The number of rotatable bonds is 4. The number of fused-ring (bicyclic) bond motifs is 1. The van der Waals surface area contributed by atoms with Crippen molar-refractivity contribution < 1.29 is 9.47 Å². The van der Waals surface area contributed by atoms with Crippen LogP contribution < -0.4 is 9.47 Å². The van der Waals surface area contributed by atoms with Crippen molar-refractivity contribution in [1.29, 1.82) is 0 Å². The summed E-state index contributed by atoms with van der Waals surface area (Å²) < 4.78 is 11.1. The van der Waals surface area contributed by atoms with Gasteiger partial charge in [-0.05, 0) is 35.8 Å². The molecule has 118 valence electrons. The Balaban J connectivity index is 2.10. The smallest absolute Gasteiger partial charge is 0.162 e. The van der Waals surface area contributed by atoms with E-state index < -0.39 is 0 Å². The molecule has 2 rings (SSSR count). The zero-order chi connectivity index (χ0) is 15.6. The van der Waals surface area contributed by atoms with E-state index in [4.69, 9.17) is 32.7 Å². The highest BCUT2D eigenvalue weighted by atomic mass is 35.5. The van der Waals surface area contributed by atoms with Crippen LogP contribution in [0.4, 0.5) is 0 Å². The summed E-state index contributed by atoms with van der Waals surface area (Å²) in [4.78, 5) is 0. The minimum Gasteiger partial charge on any atom is -0.486 e. The van der Waals surface area contributed by atoms with E-state index in [-0.39, 0.29) is 5.38 Å². The molecular weight excluding hydrogens is 307 g/mol. The standard InChI is InChI=1S/C17H24Cl2O2/c1-11(10-17(2,3)4)7-13(18)12-8-15-16(9-14(12)19)21-6-5-20-15/h8-9,11,13H,5-7,10H2,1-4H3. The highest BCUT2D eigenvalue weighted by Crippen LogP contribution is 2.42. The second kappa shape index (κ2) is 6.66. The molecule has 0 radical (unpaired) electrons. The van der Waals surface area contributed by atoms with Crippen molar-refractivity contribution >= 4 is 23.2 Å². The van der Waals surface area contributed by atoms with E-state index in [9.17, 15) is 0 Å². The number of ether oxygens (including phenoxy) is 2. The van der Waals surface area contributed by atoms with Gasteiger partial charge in [0.15, 0.2) is 11.5 Å². The molecule has 0 aliphatic carbocycles. The summed E-state index contributed by atoms with van der Waals surface area (Å²) in [5.41, 5.74) is 1.25. The summed E-state index contributed by atoms with van der Waals surface area (Å²) in [5, 5.41) is 0.549. The van der Waals surface area contributed by atoms with Gasteiger partial charge in [-0.1, -0.05) is 39.3 Å². The highest BCUT2D eigenvalue weighted by Gasteiger charge is 2.23. The number of benzene rings is 1. The summed E-state index contributed by atoms with van der Waals surface area (Å²) in [6.45, 7) is 10.1. The van der Waals surface area contributed by atoms with Gasteiger partial charge < -0.3 is 9.47 Å². The summed E-state index contributed by atoms with van der Waals surface area (Å²) in [7, 11) is 0. The van der Waals surface area contributed by atoms with Gasteiger partial charge in [0, 0.05) is 11.1 Å². The molecule has 1 aliphatic heterocycles. The van der Waals surface area contributed by atoms with Crippen molar-refractivity contribution in [3.05, 3.63) is 22.7 Å². The molecule has 1 aliphatic rings. The van der Waals surface area contributed by atoms with E-state index in [0.29, 0.717) is 35.3 Å². The Hall–Kier alpha value is -0.600. The molecule has 21 heavy (non-hydrogen) atoms. The van der Waals surface area contributed by atoms with Crippen LogP contribution in [0.2, 0.25) is 5.02 Å². The molecule has 2 unspecified atom stereocenters. The summed E-state index contributed by atoms with van der Waals surface area (Å²) >= 11 is 12.9. The second-order valence-electron chi connectivity index (χ2n) is 7.09. The van der Waals surface area contributed by atoms with E-state index in [1.165, 1.54) is 0 Å². The lowest BCUT2D eigenvalue weighted by molar-refractivity contribution is 0.171. The number of hydrogen-bond donors (Lipinski definition) is 0. The van der Waals surface area contributed by atoms with Crippen molar-refractivity contribution in [2.75, 3.05) is 13.2 Å². The molecule has 0 fully saturated rings. The molecule has 0 amide bonds. The Morgan fingerprint density at radius 1 is 1.14 bits per heavy atom. The summed E-state index contributed by atoms with van der Waals surface area (Å²) in [6.07, 6.45) is 2.04. The Morgan fingerprint density at radius 3 is 2.29 bits per heavy atom. The van der Waals surface area contributed by atoms with Gasteiger partial charge in [0.2, 0.25) is 0 Å². The first kappa shape index (κ1) is 16.8. The van der Waals surface area contributed by atoms with Crippen molar-refractivity contribution in [3.8, 4) is 11.5 Å². The molecule has 0 bridgehead atoms. The van der Waals surface area contributed by atoms with Gasteiger partial charge in [0.25, 0.3) is 0 Å². The highest BCUT2D eigenvalue weighted by molar-refractivity contribution is 6.33. The van der Waals surface area contributed by atoms with Crippen LogP contribution in [0.15, 0.2) is 12.1 Å². The van der Waals surface area contributed by atoms with E-state index in [1.807, 2.05) is 12.1 Å². The van der Waals surface area contributed by atoms with Crippen molar-refractivity contribution in [1.82, 2.24) is 0 Å². The normalized spacial score (nSPS) is 17.4. The molecule has 0 aromatic heterocycles. The summed E-state index contributed by atoms with van der Waals surface area (Å²) in [5.74, 6) is 1.99. The Bertz CT molecular complexity index is 494. The van der Waals surface area contributed by atoms with Crippen LogP contribution in [0, 0.1) is 11.3 Å². The van der Waals surface area contributed by atoms with Crippen molar-refractivity contribution in [2.24, 2.45) is 11.3 Å². The van der Waals surface area contributed by atoms with Crippen LogP contribution in [0.5, 0.6) is 11.5 Å². The Labute approximate surface area is 137 Å². The van der Waals surface area contributed by atoms with Gasteiger partial charge in [-0.2, -0.15) is 0 Å². The molecule has 0 N–H and O–H groups in total. The average Bonchev–Trinajstić information content (AvgIpc) is 2.35. The molecule has 0 saturated heterocycles. The van der Waals surface area contributed by atoms with Crippen LogP contribution in [0.1, 0.15) is 51.5 Å². The first-order chi connectivity index (χ1) is 9.76. The molecule has 1 aromatic carbocycles. The summed E-state index contributed by atoms with van der Waals surface area (Å²) in [6, 6.07) is 3.74. The second-order valence-corrected chi connectivity index (χ2v) is 8.02. The molecule has 2 nitrogen and oxygen atoms in total. The molecule has 0 spiro atoms. The van der Waals surface area contributed by atoms with Crippen LogP contribution >= 0.6 is 23.2 Å². The molecule has 4 heteroatoms. The molecular formula is C17H24Cl2O2. The van der Waals surface area contributed by atoms with Crippen LogP contribution in [-0.4, -0.2) is 13.2 Å². The van der Waals surface area contributed by atoms with E-state index >= 15 is 0 Å². The van der Waals surface area contributed by atoms with Gasteiger partial charge in [-0.25, -0.2) is 0 Å². The lowest BCUT2D eigenvalue weighted by atomic mass is 9.83. The van der Waals surface area contributed by atoms with Crippen LogP contribution in [0.3, 0.4) is 0 Å². The van der Waals surface area contributed by atoms with Crippen LogP contribution in [0.25, 0.3) is 0 Å². The fourth-order valence-corrected chi connectivity index (χ4v) is 3.75. The van der Waals surface area contributed by atoms with Crippen molar-refractivity contribution in [3.63, 3.8) is 0 Å². The molecule has 1 heterocycles. The largest absolute Gasteiger partial charge is 0.486 e. The van der Waals surface area contributed by atoms with Crippen LogP contribution in [-0.2, 0) is 0 Å². The maximum Gasteiger partial charge on any atom is 0.162 e. The maximum absolute atomic E-state index is 6.60. The van der Waals surface area contributed by atoms with Gasteiger partial charge in [-0.15, -0.1) is 11.6 Å². The van der Waals surface area contributed by atoms with Gasteiger partial charge >= 0.3 is 0 Å². The maximum atomic E-state index is 6.60. The minimum atomic E-state index is -0.106. The minimum absolute atomic E-state index is 0.106. The first-order valence-corrected chi connectivity index (χ1v) is 8.31. The van der Waals surface area contributed by atoms with Gasteiger partial charge in [0.1, 0.15) is 13.2 Å². The lowest BCUT2D eigenvalue weighted by Crippen LogP contribution is -2.16. The quantitative estimate of drug-likeness (QED) is 0.644. The first-order valence-electron chi connectivity index (χ1n) is 7.49. The number of hydrogen-bond acceptors (Lipinski definition) is 2. The predicted octanol–water partition coefficient (Wildman–Crippen LogP) is 5.85. The zero-order valence-electron chi connectivity index (χ0n) is 13.2. The predicted molar refractivity (Wildman–Crippen MR) is 88.9 cm³/mol. The zero-order valence-corrected chi connectivity index (χ0v) is 14.7. The fraction of sp³-hybridized carbons (Fsp3) is 0.647. The Morgan fingerprint density at radius 2 is 1.71 bits per heavy atom. The average molecular weight is 331 g/mol. The number of alkyl halides is 1. The molecule has 0 saturated carbocycles. The van der Waals surface area contributed by atoms with E-state index in [2.05, 4.69) is 27.7 Å². The third-order valence-electron chi connectivity index (χ3n) is 3.57. The van der Waals surface area contributed by atoms with Crippen molar-refractivity contribution in [2.45, 2.75) is 45.9 Å². The Kier molecular flexibility index (Phi) is 5.32. The SMILES string of the molecule is CC(CC(Cl)c1cc2c(cc1Cl)OCCO2)CC(C)(C)C. The molecule has 2 atom stereocenters. The third kappa shape index (κ3) is 4.69. The van der Waals surface area contributed by atoms with E-state index in [1.54, 1.807) is 0 Å². The lowest BCUT2D eigenvalue weighted by Gasteiger charge is -2.26. The van der Waals surface area contributed by atoms with Gasteiger partial charge in [-0.3, -0.25) is 0 Å². The fourth-order valence-electron chi connectivity index (χ4n) is 2.93.